The molecule has 5 heteroatoms. The molecule has 0 aromatic heterocycles. The van der Waals surface area contributed by atoms with Crippen LogP contribution in [0.5, 0.6) is 11.5 Å². The predicted molar refractivity (Wildman–Crippen MR) is 102 cm³/mol. The van der Waals surface area contributed by atoms with Crippen LogP contribution in [-0.4, -0.2) is 23.9 Å². The molecule has 138 valence electrons. The monoisotopic (exact) mass is 355 g/mol. The molecule has 0 heterocycles. The number of Topliss-reactive ketones (excluding diaryl/α,β-unsaturated/α-hetero) is 1. The van der Waals surface area contributed by atoms with Crippen LogP contribution < -0.4 is 10.1 Å². The number of anilines is 1. The summed E-state index contributed by atoms with van der Waals surface area (Å²) in [5.74, 6) is 0.170. The Hall–Kier alpha value is -2.82. The first-order valence-corrected chi connectivity index (χ1v) is 8.43. The van der Waals surface area contributed by atoms with Crippen molar-refractivity contribution in [3.05, 3.63) is 53.1 Å². The molecule has 0 saturated heterocycles. The Morgan fingerprint density at radius 2 is 1.81 bits per heavy atom. The summed E-state index contributed by atoms with van der Waals surface area (Å²) in [5.41, 5.74) is 2.40. The Balaban J connectivity index is 2.24. The fourth-order valence-corrected chi connectivity index (χ4v) is 2.61. The van der Waals surface area contributed by atoms with Gasteiger partial charge in [0.25, 0.3) is 0 Å². The van der Waals surface area contributed by atoms with Gasteiger partial charge in [0.1, 0.15) is 11.5 Å². The van der Waals surface area contributed by atoms with Crippen LogP contribution in [0.15, 0.2) is 36.4 Å². The average Bonchev–Trinajstić information content (AvgIpc) is 2.55. The molecular formula is C21H25NO4. The Morgan fingerprint density at radius 3 is 2.38 bits per heavy atom. The van der Waals surface area contributed by atoms with E-state index in [2.05, 4.69) is 26.1 Å². The normalized spacial score (nSPS) is 11.1. The van der Waals surface area contributed by atoms with Crippen molar-refractivity contribution in [2.24, 2.45) is 0 Å². The summed E-state index contributed by atoms with van der Waals surface area (Å²) in [7, 11) is 1.52. The van der Waals surface area contributed by atoms with Crippen molar-refractivity contribution in [3.8, 4) is 11.5 Å². The van der Waals surface area contributed by atoms with E-state index in [9.17, 15) is 14.7 Å². The number of phenols is 1. The summed E-state index contributed by atoms with van der Waals surface area (Å²) in [6.45, 7) is 7.65. The molecule has 2 N–H and O–H groups in total. The highest BCUT2D eigenvalue weighted by Gasteiger charge is 2.17. The van der Waals surface area contributed by atoms with Crippen molar-refractivity contribution in [3.63, 3.8) is 0 Å². The van der Waals surface area contributed by atoms with Crippen molar-refractivity contribution >= 4 is 17.4 Å². The van der Waals surface area contributed by atoms with E-state index in [1.165, 1.54) is 14.0 Å². The molecule has 5 nitrogen and oxygen atoms in total. The minimum Gasteiger partial charge on any atom is -0.506 e. The minimum atomic E-state index is -0.301. The summed E-state index contributed by atoms with van der Waals surface area (Å²) < 4.78 is 5.28. The fraction of sp³-hybridized carbons (Fsp3) is 0.333. The molecule has 2 aromatic carbocycles. The molecule has 0 atom stereocenters. The predicted octanol–water partition coefficient (Wildman–Crippen LogP) is 4.08. The van der Waals surface area contributed by atoms with Crippen molar-refractivity contribution in [2.45, 2.75) is 39.5 Å². The number of rotatable bonds is 5. The zero-order valence-electron chi connectivity index (χ0n) is 15.8. The number of amides is 1. The van der Waals surface area contributed by atoms with Gasteiger partial charge in [-0.3, -0.25) is 9.59 Å². The Labute approximate surface area is 154 Å². The quantitative estimate of drug-likeness (QED) is 0.626. The maximum Gasteiger partial charge on any atom is 0.229 e. The number of carbonyl (C=O) groups excluding carboxylic acids is 2. The number of carbonyl (C=O) groups is 2. The molecule has 0 fully saturated rings. The smallest absolute Gasteiger partial charge is 0.229 e. The largest absolute Gasteiger partial charge is 0.506 e. The van der Waals surface area contributed by atoms with E-state index >= 15 is 0 Å². The Bertz CT molecular complexity index is 834. The van der Waals surface area contributed by atoms with Gasteiger partial charge in [-0.15, -0.1) is 0 Å². The molecule has 0 unspecified atom stereocenters. The number of methoxy groups -OCH3 is 1. The van der Waals surface area contributed by atoms with Gasteiger partial charge in [-0.2, -0.15) is 0 Å². The van der Waals surface area contributed by atoms with E-state index in [1.54, 1.807) is 30.3 Å². The number of ether oxygens (including phenoxy) is 1. The second kappa shape index (κ2) is 7.60. The van der Waals surface area contributed by atoms with E-state index in [-0.39, 0.29) is 29.3 Å². The molecule has 0 aliphatic carbocycles. The Kier molecular flexibility index (Phi) is 5.70. The van der Waals surface area contributed by atoms with Gasteiger partial charge < -0.3 is 15.2 Å². The molecule has 2 rings (SSSR count). The van der Waals surface area contributed by atoms with Crippen LogP contribution in [0.4, 0.5) is 5.69 Å². The van der Waals surface area contributed by atoms with Crippen LogP contribution in [0.2, 0.25) is 0 Å². The zero-order chi connectivity index (χ0) is 19.5. The number of ketones is 1. The van der Waals surface area contributed by atoms with Gasteiger partial charge in [-0.25, -0.2) is 0 Å². The van der Waals surface area contributed by atoms with E-state index in [4.69, 9.17) is 4.74 Å². The summed E-state index contributed by atoms with van der Waals surface area (Å²) in [6, 6.07) is 10.2. The summed E-state index contributed by atoms with van der Waals surface area (Å²) in [6.07, 6.45) is 0.0312. The molecule has 0 radical (unpaired) electrons. The molecule has 0 aliphatic rings. The average molecular weight is 355 g/mol. The molecule has 0 bridgehead atoms. The number of benzene rings is 2. The lowest BCUT2D eigenvalue weighted by atomic mass is 9.87. The van der Waals surface area contributed by atoms with Crippen LogP contribution >= 0.6 is 0 Å². The van der Waals surface area contributed by atoms with E-state index in [1.807, 2.05) is 6.07 Å². The number of aromatic hydroxyl groups is 1. The molecule has 0 saturated carbocycles. The van der Waals surface area contributed by atoms with Crippen LogP contribution in [0.3, 0.4) is 0 Å². The maximum absolute atomic E-state index is 12.5. The summed E-state index contributed by atoms with van der Waals surface area (Å²) in [4.78, 5) is 24.1. The third kappa shape index (κ3) is 4.63. The van der Waals surface area contributed by atoms with Crippen LogP contribution in [0.25, 0.3) is 0 Å². The summed E-state index contributed by atoms with van der Waals surface area (Å²) >= 11 is 0. The fourth-order valence-electron chi connectivity index (χ4n) is 2.61. The van der Waals surface area contributed by atoms with E-state index in [0.717, 1.165) is 5.56 Å². The highest BCUT2D eigenvalue weighted by molar-refractivity contribution is 5.96. The first kappa shape index (κ1) is 19.5. The number of nitrogens with one attached hydrogen (secondary N) is 1. The molecule has 1 amide bonds. The highest BCUT2D eigenvalue weighted by Crippen LogP contribution is 2.31. The first-order valence-electron chi connectivity index (χ1n) is 8.43. The standard InChI is InChI=1S/C21H25NO4/c1-13(23)14-6-9-19(26-5)15(10-14)11-20(25)22-17-12-16(21(2,3)4)7-8-18(17)24/h6-10,12,24H,11H2,1-5H3,(H,22,25). The van der Waals surface area contributed by atoms with Gasteiger partial charge >= 0.3 is 0 Å². The van der Waals surface area contributed by atoms with Crippen molar-refractivity contribution in [1.29, 1.82) is 0 Å². The number of hydrogen-bond acceptors (Lipinski definition) is 4. The second-order valence-corrected chi connectivity index (χ2v) is 7.29. The molecule has 0 spiro atoms. The highest BCUT2D eigenvalue weighted by atomic mass is 16.5. The van der Waals surface area contributed by atoms with E-state index < -0.39 is 0 Å². The number of phenolic OH excluding ortho intramolecular Hbond substituents is 1. The number of hydrogen-bond donors (Lipinski definition) is 2. The third-order valence-corrected chi connectivity index (χ3v) is 4.17. The summed E-state index contributed by atoms with van der Waals surface area (Å²) in [5, 5.41) is 12.8. The van der Waals surface area contributed by atoms with Crippen molar-refractivity contribution in [2.75, 3.05) is 12.4 Å². The van der Waals surface area contributed by atoms with E-state index in [0.29, 0.717) is 22.6 Å². The Morgan fingerprint density at radius 1 is 1.12 bits per heavy atom. The lowest BCUT2D eigenvalue weighted by molar-refractivity contribution is -0.115. The lowest BCUT2D eigenvalue weighted by Gasteiger charge is -2.20. The van der Waals surface area contributed by atoms with Crippen molar-refractivity contribution in [1.82, 2.24) is 0 Å². The molecule has 0 aliphatic heterocycles. The first-order chi connectivity index (χ1) is 12.1. The van der Waals surface area contributed by atoms with Crippen molar-refractivity contribution < 1.29 is 19.4 Å². The minimum absolute atomic E-state index is 0.0100. The third-order valence-electron chi connectivity index (χ3n) is 4.17. The molecular weight excluding hydrogens is 330 g/mol. The van der Waals surface area contributed by atoms with Gasteiger partial charge in [-0.1, -0.05) is 26.8 Å². The van der Waals surface area contributed by atoms with Gasteiger partial charge in [0.05, 0.1) is 19.2 Å². The van der Waals surface area contributed by atoms with Gasteiger partial charge in [0.2, 0.25) is 5.91 Å². The maximum atomic E-state index is 12.5. The molecule has 2 aromatic rings. The van der Waals surface area contributed by atoms with Crippen LogP contribution in [0, 0.1) is 0 Å². The topological polar surface area (TPSA) is 75.6 Å². The van der Waals surface area contributed by atoms with Gasteiger partial charge in [0.15, 0.2) is 5.78 Å². The van der Waals surface area contributed by atoms with Crippen LogP contribution in [-0.2, 0) is 16.6 Å². The van der Waals surface area contributed by atoms with Crippen LogP contribution in [0.1, 0.15) is 49.2 Å². The lowest BCUT2D eigenvalue weighted by Crippen LogP contribution is -2.17. The van der Waals surface area contributed by atoms with Gasteiger partial charge in [0, 0.05) is 11.1 Å². The molecule has 26 heavy (non-hydrogen) atoms. The zero-order valence-corrected chi connectivity index (χ0v) is 15.8. The second-order valence-electron chi connectivity index (χ2n) is 7.29. The SMILES string of the molecule is COc1ccc(C(C)=O)cc1CC(=O)Nc1cc(C(C)(C)C)ccc1O. The van der Waals surface area contributed by atoms with Gasteiger partial charge in [-0.05, 0) is 48.2 Å².